The maximum Gasteiger partial charge on any atom is 0.337 e. The Hall–Kier alpha value is -4.87. The maximum atomic E-state index is 13.0. The first kappa shape index (κ1) is 34.2. The van der Waals surface area contributed by atoms with Gasteiger partial charge in [-0.05, 0) is 107 Å². The molecule has 3 aromatic carbocycles. The van der Waals surface area contributed by atoms with Gasteiger partial charge in [0.2, 0.25) is 0 Å². The van der Waals surface area contributed by atoms with Crippen molar-refractivity contribution in [2.24, 2.45) is 7.05 Å². The summed E-state index contributed by atoms with van der Waals surface area (Å²) in [6, 6.07) is 12.4. The van der Waals surface area contributed by atoms with E-state index in [1.54, 1.807) is 12.4 Å². The van der Waals surface area contributed by atoms with E-state index in [4.69, 9.17) is 24.2 Å². The number of carboxylic acid groups (broad SMARTS) is 1. The normalized spacial score (nSPS) is 18.2. The molecular weight excluding hydrogens is 675 g/mol. The molecular formula is C41H43N5O5S. The molecule has 5 heterocycles. The Labute approximate surface area is 306 Å². The first-order valence-corrected chi connectivity index (χ1v) is 18.8. The number of hydrogen-bond acceptors (Lipinski definition) is 9. The number of aromatic nitrogens is 5. The lowest BCUT2D eigenvalue weighted by atomic mass is 9.85. The van der Waals surface area contributed by atoms with Crippen molar-refractivity contribution < 1.29 is 24.1 Å². The molecule has 3 aromatic heterocycles. The van der Waals surface area contributed by atoms with Gasteiger partial charge in [-0.1, -0.05) is 12.5 Å². The summed E-state index contributed by atoms with van der Waals surface area (Å²) in [7, 11) is 1.93. The fourth-order valence-corrected chi connectivity index (χ4v) is 8.71. The highest BCUT2D eigenvalue weighted by Crippen LogP contribution is 2.47. The van der Waals surface area contributed by atoms with E-state index in [0.717, 1.165) is 92.5 Å². The summed E-state index contributed by atoms with van der Waals surface area (Å²) < 4.78 is 21.9. The molecule has 0 fully saturated rings. The second kappa shape index (κ2) is 13.3. The van der Waals surface area contributed by atoms with Gasteiger partial charge in [-0.3, -0.25) is 9.67 Å². The van der Waals surface area contributed by atoms with Gasteiger partial charge in [0.15, 0.2) is 6.10 Å². The number of carboxylic acids is 1. The fraction of sp³-hybridized carbons (Fsp3) is 0.390. The molecule has 0 saturated heterocycles. The average molecular weight is 718 g/mol. The largest absolute Gasteiger partial charge is 0.493 e. The van der Waals surface area contributed by atoms with Crippen LogP contribution in [-0.4, -0.2) is 54.1 Å². The van der Waals surface area contributed by atoms with Gasteiger partial charge < -0.3 is 19.3 Å². The number of aryl methyl sites for hydroxylation is 2. The van der Waals surface area contributed by atoms with Crippen LogP contribution in [0.15, 0.2) is 55.0 Å². The number of carbonyl (C=O) groups is 1. The van der Waals surface area contributed by atoms with Crippen molar-refractivity contribution in [2.75, 3.05) is 6.61 Å². The summed E-state index contributed by atoms with van der Waals surface area (Å²) >= 11 is 1.49. The van der Waals surface area contributed by atoms with E-state index in [2.05, 4.69) is 29.1 Å². The van der Waals surface area contributed by atoms with Crippen molar-refractivity contribution >= 4 is 38.4 Å². The van der Waals surface area contributed by atoms with E-state index in [1.165, 1.54) is 11.3 Å². The average Bonchev–Trinajstić information content (AvgIpc) is 3.70. The smallest absolute Gasteiger partial charge is 0.337 e. The summed E-state index contributed by atoms with van der Waals surface area (Å²) in [5.74, 6) is 0.913. The second-order valence-corrected chi connectivity index (χ2v) is 16.1. The molecule has 11 heteroatoms. The number of fused-ring (bicyclic) bond motifs is 9. The Balaban J connectivity index is 1.37. The van der Waals surface area contributed by atoms with Crippen LogP contribution >= 0.6 is 11.3 Å². The van der Waals surface area contributed by atoms with Gasteiger partial charge in [0.1, 0.15) is 22.2 Å². The van der Waals surface area contributed by atoms with Gasteiger partial charge >= 0.3 is 5.97 Å². The Kier molecular flexibility index (Phi) is 8.74. The van der Waals surface area contributed by atoms with Crippen LogP contribution in [-0.2, 0) is 16.6 Å². The molecule has 0 saturated carbocycles. The van der Waals surface area contributed by atoms with Crippen LogP contribution in [0.4, 0.5) is 0 Å². The fourth-order valence-electron chi connectivity index (χ4n) is 7.63. The zero-order valence-corrected chi connectivity index (χ0v) is 31.2. The van der Waals surface area contributed by atoms with E-state index in [-0.39, 0.29) is 6.10 Å². The number of hydrogen-bond donors (Lipinski definition) is 1. The van der Waals surface area contributed by atoms with E-state index >= 15 is 0 Å². The summed E-state index contributed by atoms with van der Waals surface area (Å²) in [4.78, 5) is 27.9. The van der Waals surface area contributed by atoms with Crippen LogP contribution in [0.3, 0.4) is 0 Å². The van der Waals surface area contributed by atoms with Gasteiger partial charge in [0.25, 0.3) is 0 Å². The van der Waals surface area contributed by atoms with E-state index in [9.17, 15) is 9.90 Å². The Bertz CT molecular complexity index is 2340. The minimum Gasteiger partial charge on any atom is -0.493 e. The van der Waals surface area contributed by atoms with Crippen LogP contribution < -0.4 is 9.47 Å². The number of rotatable bonds is 3. The van der Waals surface area contributed by atoms with E-state index in [0.29, 0.717) is 34.5 Å². The molecule has 1 N–H and O–H groups in total. The zero-order valence-electron chi connectivity index (χ0n) is 30.4. The van der Waals surface area contributed by atoms with Crippen molar-refractivity contribution in [1.82, 2.24) is 24.7 Å². The number of nitrogens with zero attached hydrogens (tertiary/aromatic N) is 5. The lowest BCUT2D eigenvalue weighted by molar-refractivity contribution is -0.160. The van der Waals surface area contributed by atoms with Crippen LogP contribution in [0.25, 0.3) is 54.2 Å². The SMILES string of the molecule is Cc1cc2nc3sc2c(c1[C@H](OC(C)(C)C)C(=O)O)-c1ccc2c(c1)C(CCCC[C@H](C)Oc1cc4c(cnn4C)cc1-c1cncc-3n1)CCO2. The van der Waals surface area contributed by atoms with Crippen LogP contribution in [0.5, 0.6) is 11.5 Å². The minimum atomic E-state index is -1.19. The molecule has 10 nitrogen and oxygen atoms in total. The predicted molar refractivity (Wildman–Crippen MR) is 203 cm³/mol. The Morgan fingerprint density at radius 2 is 1.83 bits per heavy atom. The number of aliphatic carboxylic acids is 1. The van der Waals surface area contributed by atoms with Gasteiger partial charge in [0, 0.05) is 35.2 Å². The van der Waals surface area contributed by atoms with Crippen molar-refractivity contribution in [3.8, 4) is 44.6 Å². The van der Waals surface area contributed by atoms with Crippen molar-refractivity contribution in [3.05, 3.63) is 71.7 Å². The molecule has 3 atom stereocenters. The standard InChI is InChI=1S/C41H43N5O5S/c1-22-15-29-38-36(35(22)37(40(47)48)51-41(3,4)5)25-11-12-33-27(16-25)24(13-14-49-33)10-8-7-9-23(2)50-34-18-32-26(19-43-46(32)6)17-28(34)30-20-42-21-31(44-30)39(45-29)52-38/h11-12,15-21,23-24,37H,7-10,13-14H2,1-6H3,(H,47,48)/t23-,24?,37-/m0/s1. The molecule has 2 aliphatic rings. The Morgan fingerprint density at radius 1 is 1.02 bits per heavy atom. The molecule has 52 heavy (non-hydrogen) atoms. The first-order valence-electron chi connectivity index (χ1n) is 18.0. The third-order valence-electron chi connectivity index (χ3n) is 10.1. The molecule has 0 aliphatic carbocycles. The zero-order chi connectivity index (χ0) is 36.3. The van der Waals surface area contributed by atoms with E-state index < -0.39 is 17.7 Å². The predicted octanol–water partition coefficient (Wildman–Crippen LogP) is 9.43. The number of ether oxygens (including phenoxy) is 3. The molecule has 8 rings (SSSR count). The maximum absolute atomic E-state index is 13.0. The topological polar surface area (TPSA) is 121 Å². The molecule has 6 bridgehead atoms. The molecule has 0 amide bonds. The third kappa shape index (κ3) is 6.41. The molecule has 268 valence electrons. The van der Waals surface area contributed by atoms with Crippen LogP contribution in [0, 0.1) is 6.92 Å². The summed E-state index contributed by atoms with van der Waals surface area (Å²) in [6.45, 7) is 10.4. The molecule has 2 aliphatic heterocycles. The highest BCUT2D eigenvalue weighted by molar-refractivity contribution is 7.22. The summed E-state index contributed by atoms with van der Waals surface area (Å²) in [6.07, 6.45) is 9.04. The lowest BCUT2D eigenvalue weighted by Crippen LogP contribution is -2.28. The second-order valence-electron chi connectivity index (χ2n) is 15.1. The van der Waals surface area contributed by atoms with Gasteiger partial charge in [-0.2, -0.15) is 5.10 Å². The van der Waals surface area contributed by atoms with E-state index in [1.807, 2.05) is 69.9 Å². The van der Waals surface area contributed by atoms with Crippen molar-refractivity contribution in [1.29, 1.82) is 0 Å². The number of benzene rings is 3. The van der Waals surface area contributed by atoms with Crippen LogP contribution in [0.1, 0.15) is 88.5 Å². The van der Waals surface area contributed by atoms with Gasteiger partial charge in [0.05, 0.1) is 58.3 Å². The van der Waals surface area contributed by atoms with Crippen LogP contribution in [0.2, 0.25) is 0 Å². The van der Waals surface area contributed by atoms with Crippen molar-refractivity contribution in [3.63, 3.8) is 0 Å². The van der Waals surface area contributed by atoms with Crippen molar-refractivity contribution in [2.45, 2.75) is 90.4 Å². The summed E-state index contributed by atoms with van der Waals surface area (Å²) in [5, 5.41) is 16.8. The summed E-state index contributed by atoms with van der Waals surface area (Å²) in [5.41, 5.74) is 7.49. The number of thiazole rings is 1. The molecule has 6 aromatic rings. The minimum absolute atomic E-state index is 0.0168. The highest BCUT2D eigenvalue weighted by atomic mass is 32.1. The third-order valence-corrected chi connectivity index (χ3v) is 11.2. The quantitative estimate of drug-likeness (QED) is 0.191. The van der Waals surface area contributed by atoms with Gasteiger partial charge in [-0.15, -0.1) is 11.3 Å². The Morgan fingerprint density at radius 3 is 2.63 bits per heavy atom. The molecule has 1 unspecified atom stereocenters. The molecule has 0 spiro atoms. The lowest BCUT2D eigenvalue weighted by Gasteiger charge is -2.29. The monoisotopic (exact) mass is 717 g/mol. The van der Waals surface area contributed by atoms with Gasteiger partial charge in [-0.25, -0.2) is 14.8 Å². The highest BCUT2D eigenvalue weighted by Gasteiger charge is 2.33. The molecule has 0 radical (unpaired) electrons. The first-order chi connectivity index (χ1) is 24.9.